The number of ether oxygens (including phenoxy) is 6. The Bertz CT molecular complexity index is 812. The highest BCUT2D eigenvalue weighted by molar-refractivity contribution is 4.97. The monoisotopic (exact) mass is 537 g/mol. The SMILES string of the molecule is C=COCCOCCOCc1cn([C@@H]2O[C@H](CO)[C@@H](O[C@H]3O[C@H](CO)[C@@H](O)[C@H](O)[C@H]3O)[C@H](O)[C@H]2O)nn1. The zero-order valence-electron chi connectivity index (χ0n) is 20.0. The van der Waals surface area contributed by atoms with Crippen LogP contribution in [0.1, 0.15) is 11.9 Å². The first-order valence-electron chi connectivity index (χ1n) is 11.7. The molecule has 2 fully saturated rings. The average Bonchev–Trinajstić information content (AvgIpc) is 3.37. The molecule has 1 aromatic rings. The van der Waals surface area contributed by atoms with E-state index in [0.717, 1.165) is 4.68 Å². The van der Waals surface area contributed by atoms with Crippen molar-refractivity contribution in [3.8, 4) is 0 Å². The van der Waals surface area contributed by atoms with E-state index < -0.39 is 74.6 Å². The van der Waals surface area contributed by atoms with E-state index in [-0.39, 0.29) is 13.2 Å². The predicted molar refractivity (Wildman–Crippen MR) is 118 cm³/mol. The van der Waals surface area contributed by atoms with Crippen molar-refractivity contribution in [3.05, 3.63) is 24.7 Å². The molecule has 3 heterocycles. The van der Waals surface area contributed by atoms with Gasteiger partial charge in [-0.05, 0) is 0 Å². The van der Waals surface area contributed by atoms with Gasteiger partial charge in [0.2, 0.25) is 0 Å². The lowest BCUT2D eigenvalue weighted by molar-refractivity contribution is -0.347. The Morgan fingerprint density at radius 3 is 2.27 bits per heavy atom. The number of nitrogens with zero attached hydrogens (tertiary/aromatic N) is 3. The van der Waals surface area contributed by atoms with Gasteiger partial charge in [-0.25, -0.2) is 4.68 Å². The van der Waals surface area contributed by atoms with Crippen molar-refractivity contribution in [2.75, 3.05) is 39.6 Å². The zero-order valence-corrected chi connectivity index (χ0v) is 20.0. The highest BCUT2D eigenvalue weighted by atomic mass is 16.7. The Morgan fingerprint density at radius 2 is 1.57 bits per heavy atom. The van der Waals surface area contributed by atoms with Crippen LogP contribution >= 0.6 is 0 Å². The lowest BCUT2D eigenvalue weighted by atomic mass is 9.96. The summed E-state index contributed by atoms with van der Waals surface area (Å²) in [5.41, 5.74) is 0.403. The summed E-state index contributed by atoms with van der Waals surface area (Å²) in [5.74, 6) is 0. The van der Waals surface area contributed by atoms with Crippen LogP contribution in [0.15, 0.2) is 19.0 Å². The second-order valence-electron chi connectivity index (χ2n) is 8.42. The van der Waals surface area contributed by atoms with E-state index >= 15 is 0 Å². The topological polar surface area (TPSA) is 228 Å². The molecule has 0 unspecified atom stereocenters. The van der Waals surface area contributed by atoms with Gasteiger partial charge in [-0.2, -0.15) is 0 Å². The Balaban J connectivity index is 1.55. The summed E-state index contributed by atoms with van der Waals surface area (Å²) in [7, 11) is 0. The van der Waals surface area contributed by atoms with Crippen LogP contribution in [-0.2, 0) is 35.0 Å². The van der Waals surface area contributed by atoms with Crippen molar-refractivity contribution in [2.24, 2.45) is 0 Å². The van der Waals surface area contributed by atoms with Gasteiger partial charge in [0.15, 0.2) is 12.5 Å². The van der Waals surface area contributed by atoms with Crippen molar-refractivity contribution in [3.63, 3.8) is 0 Å². The fourth-order valence-corrected chi connectivity index (χ4v) is 3.88. The Kier molecular flexibility index (Phi) is 11.6. The number of rotatable bonds is 14. The van der Waals surface area contributed by atoms with Crippen molar-refractivity contribution in [1.29, 1.82) is 0 Å². The van der Waals surface area contributed by atoms with E-state index in [1.807, 2.05) is 0 Å². The van der Waals surface area contributed by atoms with Crippen LogP contribution in [0.4, 0.5) is 0 Å². The molecule has 2 aliphatic rings. The smallest absolute Gasteiger partial charge is 0.187 e. The van der Waals surface area contributed by atoms with Crippen LogP contribution in [0.2, 0.25) is 0 Å². The summed E-state index contributed by atoms with van der Waals surface area (Å²) >= 11 is 0. The fourth-order valence-electron chi connectivity index (χ4n) is 3.88. The molecular formula is C21H35N3O13. The first-order valence-corrected chi connectivity index (χ1v) is 11.7. The van der Waals surface area contributed by atoms with Gasteiger partial charge in [-0.3, -0.25) is 0 Å². The molecular weight excluding hydrogens is 502 g/mol. The largest absolute Gasteiger partial charge is 0.499 e. The number of hydrogen-bond donors (Lipinski definition) is 7. The highest BCUT2D eigenvalue weighted by Gasteiger charge is 2.51. The standard InChI is InChI=1S/C21H35N3O13/c1-2-32-3-4-33-5-6-34-10-11-7-24(23-22-11)20-17(30)16(29)19(13(9-26)35-20)37-21-18(31)15(28)14(27)12(8-25)36-21/h2,7,12-21,25-31H,1,3-6,8-10H2/t12-,13-,14-,15+,16-,17-,18-,19-,20-,21-/m1/s1. The van der Waals surface area contributed by atoms with Gasteiger partial charge < -0.3 is 64.2 Å². The maximum absolute atomic E-state index is 10.7. The second-order valence-corrected chi connectivity index (χ2v) is 8.42. The molecule has 16 heteroatoms. The Morgan fingerprint density at radius 1 is 0.865 bits per heavy atom. The molecule has 0 aromatic carbocycles. The minimum Gasteiger partial charge on any atom is -0.499 e. The van der Waals surface area contributed by atoms with E-state index in [0.29, 0.717) is 25.5 Å². The summed E-state index contributed by atoms with van der Waals surface area (Å²) in [6.45, 7) is 3.56. The van der Waals surface area contributed by atoms with Crippen LogP contribution in [0.3, 0.4) is 0 Å². The highest BCUT2D eigenvalue weighted by Crippen LogP contribution is 2.32. The second kappa shape index (κ2) is 14.4. The van der Waals surface area contributed by atoms with Crippen LogP contribution < -0.4 is 0 Å². The summed E-state index contributed by atoms with van der Waals surface area (Å²) < 4.78 is 33.4. The average molecular weight is 538 g/mol. The maximum Gasteiger partial charge on any atom is 0.187 e. The van der Waals surface area contributed by atoms with Crippen LogP contribution in [-0.4, -0.2) is 146 Å². The maximum atomic E-state index is 10.7. The van der Waals surface area contributed by atoms with Gasteiger partial charge in [0.05, 0.1) is 52.1 Å². The van der Waals surface area contributed by atoms with Gasteiger partial charge in [0.25, 0.3) is 0 Å². The molecule has 2 aliphatic heterocycles. The Hall–Kier alpha value is -1.80. The molecule has 0 spiro atoms. The van der Waals surface area contributed by atoms with Gasteiger partial charge in [-0.15, -0.1) is 5.10 Å². The van der Waals surface area contributed by atoms with E-state index in [9.17, 15) is 35.7 Å². The molecule has 3 rings (SSSR count). The molecule has 0 aliphatic carbocycles. The minimum atomic E-state index is -1.75. The molecule has 0 amide bonds. The third kappa shape index (κ3) is 7.41. The molecule has 37 heavy (non-hydrogen) atoms. The summed E-state index contributed by atoms with van der Waals surface area (Å²) in [6.07, 6.45) is -12.3. The summed E-state index contributed by atoms with van der Waals surface area (Å²) in [6, 6.07) is 0. The lowest BCUT2D eigenvalue weighted by Crippen LogP contribution is -2.63. The fraction of sp³-hybridized carbons (Fsp3) is 0.810. The molecule has 7 N–H and O–H groups in total. The number of aromatic nitrogens is 3. The third-order valence-corrected chi connectivity index (χ3v) is 5.88. The molecule has 212 valence electrons. The van der Waals surface area contributed by atoms with Gasteiger partial charge >= 0.3 is 0 Å². The summed E-state index contributed by atoms with van der Waals surface area (Å²) in [5, 5.41) is 78.5. The van der Waals surface area contributed by atoms with E-state index in [1.165, 1.54) is 12.5 Å². The van der Waals surface area contributed by atoms with Gasteiger partial charge in [0, 0.05) is 0 Å². The quantitative estimate of drug-likeness (QED) is 0.0881. The van der Waals surface area contributed by atoms with Gasteiger partial charge in [-0.1, -0.05) is 11.8 Å². The van der Waals surface area contributed by atoms with Crippen LogP contribution in [0.25, 0.3) is 0 Å². The molecule has 0 bridgehead atoms. The lowest BCUT2D eigenvalue weighted by Gasteiger charge is -2.45. The summed E-state index contributed by atoms with van der Waals surface area (Å²) in [4.78, 5) is 0. The van der Waals surface area contributed by atoms with Gasteiger partial charge in [0.1, 0.15) is 61.1 Å². The van der Waals surface area contributed by atoms with E-state index in [4.69, 9.17) is 28.4 Å². The number of hydrogen-bond acceptors (Lipinski definition) is 15. The normalized spacial score (nSPS) is 36.4. The van der Waals surface area contributed by atoms with Crippen molar-refractivity contribution < 1.29 is 64.2 Å². The van der Waals surface area contributed by atoms with Crippen molar-refractivity contribution in [1.82, 2.24) is 15.0 Å². The molecule has 0 radical (unpaired) electrons. The number of aliphatic hydroxyl groups is 7. The Labute approximate surface area is 212 Å². The van der Waals surface area contributed by atoms with Crippen LogP contribution in [0.5, 0.6) is 0 Å². The zero-order chi connectivity index (χ0) is 26.9. The molecule has 16 nitrogen and oxygen atoms in total. The minimum absolute atomic E-state index is 0.0875. The third-order valence-electron chi connectivity index (χ3n) is 5.88. The number of aliphatic hydroxyl groups excluding tert-OH is 7. The molecule has 1 aromatic heterocycles. The molecule has 0 saturated carbocycles. The molecule has 10 atom stereocenters. The van der Waals surface area contributed by atoms with Crippen LogP contribution in [0, 0.1) is 0 Å². The first kappa shape index (κ1) is 29.8. The van der Waals surface area contributed by atoms with E-state index in [2.05, 4.69) is 16.9 Å². The first-order chi connectivity index (χ1) is 17.8. The van der Waals surface area contributed by atoms with E-state index in [1.54, 1.807) is 0 Å². The van der Waals surface area contributed by atoms with Crippen molar-refractivity contribution in [2.45, 2.75) is 68.0 Å². The molecule has 2 saturated heterocycles. The van der Waals surface area contributed by atoms with Crippen molar-refractivity contribution >= 4 is 0 Å². The predicted octanol–water partition coefficient (Wildman–Crippen LogP) is -4.23.